The number of rotatable bonds is 7. The Morgan fingerprint density at radius 2 is 1.96 bits per heavy atom. The smallest absolute Gasteiger partial charge is 0.265 e. The van der Waals surface area contributed by atoms with E-state index < -0.39 is 0 Å². The molecule has 1 saturated carbocycles. The minimum Gasteiger partial charge on any atom is -0.494 e. The highest BCUT2D eigenvalue weighted by molar-refractivity contribution is 7.21. The van der Waals surface area contributed by atoms with E-state index in [1.165, 1.54) is 43.4 Å². The van der Waals surface area contributed by atoms with Gasteiger partial charge in [0.1, 0.15) is 10.6 Å². The molecule has 1 aromatic heterocycles. The lowest BCUT2D eigenvalue weighted by atomic mass is 9.89. The number of thiophene rings is 1. The van der Waals surface area contributed by atoms with Crippen molar-refractivity contribution in [3.05, 3.63) is 29.1 Å². The number of methoxy groups -OCH3 is 1. The molecule has 1 aromatic carbocycles. The number of hydrogen-bond acceptors (Lipinski definition) is 4. The minimum absolute atomic E-state index is 0. The predicted octanol–water partition coefficient (Wildman–Crippen LogP) is 4.23. The van der Waals surface area contributed by atoms with E-state index in [1.807, 2.05) is 24.3 Å². The Hall–Kier alpha value is -1.30. The van der Waals surface area contributed by atoms with Crippen LogP contribution in [0.15, 0.2) is 24.3 Å². The first-order valence-corrected chi connectivity index (χ1v) is 9.65. The number of hydrogen-bond donors (Lipinski definition) is 2. The molecule has 3 rings (SSSR count). The van der Waals surface area contributed by atoms with E-state index in [0.717, 1.165) is 29.1 Å². The van der Waals surface area contributed by atoms with E-state index in [0.29, 0.717) is 17.2 Å². The number of carbonyl (C=O) groups is 1. The molecule has 1 aliphatic carbocycles. The number of nitrogens with one attached hydrogen (secondary N) is 2. The summed E-state index contributed by atoms with van der Waals surface area (Å²) in [7, 11) is 1.62. The molecule has 1 aliphatic rings. The molecule has 1 heterocycles. The van der Waals surface area contributed by atoms with Gasteiger partial charge in [0.15, 0.2) is 0 Å². The van der Waals surface area contributed by atoms with Crippen molar-refractivity contribution in [1.82, 2.24) is 10.6 Å². The first kappa shape index (κ1) is 20.0. The molecule has 0 bridgehead atoms. The summed E-state index contributed by atoms with van der Waals surface area (Å²) in [6.07, 6.45) is 6.82. The number of carbonyl (C=O) groups excluding carboxylic acids is 1. The molecule has 0 unspecified atom stereocenters. The summed E-state index contributed by atoms with van der Waals surface area (Å²) in [4.78, 5) is 13.1. The van der Waals surface area contributed by atoms with Gasteiger partial charge >= 0.3 is 0 Å². The predicted molar refractivity (Wildman–Crippen MR) is 107 cm³/mol. The van der Waals surface area contributed by atoms with Crippen molar-refractivity contribution in [2.24, 2.45) is 5.92 Å². The van der Waals surface area contributed by atoms with Gasteiger partial charge in [-0.15, -0.1) is 23.7 Å². The molecular formula is C19H27ClN2O2S. The van der Waals surface area contributed by atoms with Crippen LogP contribution in [0.25, 0.3) is 10.1 Å². The van der Waals surface area contributed by atoms with E-state index in [9.17, 15) is 4.79 Å². The van der Waals surface area contributed by atoms with Crippen LogP contribution in [0.4, 0.5) is 0 Å². The van der Waals surface area contributed by atoms with E-state index >= 15 is 0 Å². The monoisotopic (exact) mass is 382 g/mol. The van der Waals surface area contributed by atoms with Crippen molar-refractivity contribution in [2.45, 2.75) is 32.1 Å². The SMILES string of the molecule is COc1c(C(=O)NCCNCC2CCCCC2)sc2ccccc12.Cl. The Labute approximate surface area is 159 Å². The summed E-state index contributed by atoms with van der Waals surface area (Å²) in [6.45, 7) is 2.53. The van der Waals surface area contributed by atoms with Gasteiger partial charge in [0.2, 0.25) is 0 Å². The number of ether oxygens (including phenoxy) is 1. The maximum atomic E-state index is 12.5. The van der Waals surface area contributed by atoms with Crippen molar-refractivity contribution in [1.29, 1.82) is 0 Å². The Kier molecular flexibility index (Phi) is 8.00. The zero-order valence-corrected chi connectivity index (χ0v) is 16.3. The molecule has 138 valence electrons. The van der Waals surface area contributed by atoms with E-state index in [-0.39, 0.29) is 18.3 Å². The van der Waals surface area contributed by atoms with E-state index in [1.54, 1.807) is 7.11 Å². The van der Waals surface area contributed by atoms with Gasteiger partial charge in [0.25, 0.3) is 5.91 Å². The molecule has 4 nitrogen and oxygen atoms in total. The summed E-state index contributed by atoms with van der Waals surface area (Å²) in [5, 5.41) is 7.48. The number of fused-ring (bicyclic) bond motifs is 1. The maximum absolute atomic E-state index is 12.5. The lowest BCUT2D eigenvalue weighted by Gasteiger charge is -2.21. The standard InChI is InChI=1S/C19H26N2O2S.ClH/c1-23-17-15-9-5-6-10-16(15)24-18(17)19(22)21-12-11-20-13-14-7-3-2-4-8-14;/h5-6,9-10,14,20H,2-4,7-8,11-13H2,1H3,(H,21,22);1H. The molecular weight excluding hydrogens is 356 g/mol. The molecule has 25 heavy (non-hydrogen) atoms. The second-order valence-corrected chi connectivity index (χ2v) is 7.48. The Bertz CT molecular complexity index is 683. The fraction of sp³-hybridized carbons (Fsp3) is 0.526. The molecule has 6 heteroatoms. The fourth-order valence-electron chi connectivity index (χ4n) is 3.42. The molecule has 2 N–H and O–H groups in total. The van der Waals surface area contributed by atoms with E-state index in [4.69, 9.17) is 4.74 Å². The lowest BCUT2D eigenvalue weighted by Crippen LogP contribution is -2.34. The molecule has 0 radical (unpaired) electrons. The van der Waals surface area contributed by atoms with Crippen LogP contribution < -0.4 is 15.4 Å². The first-order chi connectivity index (χ1) is 11.8. The number of benzene rings is 1. The normalized spacial score (nSPS) is 14.9. The molecule has 0 aliphatic heterocycles. The van der Waals surface area contributed by atoms with Crippen molar-refractivity contribution < 1.29 is 9.53 Å². The van der Waals surface area contributed by atoms with Crippen LogP contribution in [-0.4, -0.2) is 32.7 Å². The van der Waals surface area contributed by atoms with Gasteiger partial charge in [-0.2, -0.15) is 0 Å². The number of halogens is 1. The third-order valence-electron chi connectivity index (χ3n) is 4.71. The summed E-state index contributed by atoms with van der Waals surface area (Å²) >= 11 is 1.49. The van der Waals surface area contributed by atoms with Crippen LogP contribution in [0, 0.1) is 5.92 Å². The van der Waals surface area contributed by atoms with Gasteiger partial charge in [0, 0.05) is 23.2 Å². The van der Waals surface area contributed by atoms with E-state index in [2.05, 4.69) is 10.6 Å². The zero-order chi connectivity index (χ0) is 16.8. The maximum Gasteiger partial charge on any atom is 0.265 e. The van der Waals surface area contributed by atoms with Gasteiger partial charge < -0.3 is 15.4 Å². The average molecular weight is 383 g/mol. The van der Waals surface area contributed by atoms with Crippen molar-refractivity contribution in [3.63, 3.8) is 0 Å². The molecule has 0 spiro atoms. The highest BCUT2D eigenvalue weighted by Crippen LogP contribution is 2.37. The van der Waals surface area contributed by atoms with Crippen LogP contribution in [0.3, 0.4) is 0 Å². The van der Waals surface area contributed by atoms with Crippen molar-refractivity contribution >= 4 is 39.7 Å². The van der Waals surface area contributed by atoms with Crippen LogP contribution in [0.2, 0.25) is 0 Å². The summed E-state index contributed by atoms with van der Waals surface area (Å²) in [6, 6.07) is 7.96. The third kappa shape index (κ3) is 5.09. The van der Waals surface area contributed by atoms with Crippen LogP contribution in [0.1, 0.15) is 41.8 Å². The van der Waals surface area contributed by atoms with Crippen LogP contribution >= 0.6 is 23.7 Å². The Balaban J connectivity index is 0.00000225. The third-order valence-corrected chi connectivity index (χ3v) is 5.86. The Morgan fingerprint density at radius 1 is 1.20 bits per heavy atom. The fourth-order valence-corrected chi connectivity index (χ4v) is 4.50. The highest BCUT2D eigenvalue weighted by Gasteiger charge is 2.18. The second-order valence-electron chi connectivity index (χ2n) is 6.42. The highest BCUT2D eigenvalue weighted by atomic mass is 35.5. The largest absolute Gasteiger partial charge is 0.494 e. The second kappa shape index (κ2) is 10.00. The molecule has 1 fully saturated rings. The molecule has 1 amide bonds. The molecule has 0 saturated heterocycles. The zero-order valence-electron chi connectivity index (χ0n) is 14.7. The quantitative estimate of drug-likeness (QED) is 0.704. The minimum atomic E-state index is -0.0486. The summed E-state index contributed by atoms with van der Waals surface area (Å²) in [5.74, 6) is 1.45. The number of amides is 1. The Morgan fingerprint density at radius 3 is 2.72 bits per heavy atom. The summed E-state index contributed by atoms with van der Waals surface area (Å²) in [5.41, 5.74) is 0. The van der Waals surface area contributed by atoms with Crippen molar-refractivity contribution in [2.75, 3.05) is 26.7 Å². The van der Waals surface area contributed by atoms with Gasteiger partial charge in [-0.1, -0.05) is 31.4 Å². The van der Waals surface area contributed by atoms with Crippen LogP contribution in [0.5, 0.6) is 5.75 Å². The first-order valence-electron chi connectivity index (χ1n) is 8.84. The van der Waals surface area contributed by atoms with Gasteiger partial charge in [0.05, 0.1) is 7.11 Å². The molecule has 2 aromatic rings. The topological polar surface area (TPSA) is 50.4 Å². The van der Waals surface area contributed by atoms with Gasteiger partial charge in [-0.25, -0.2) is 0 Å². The van der Waals surface area contributed by atoms with Gasteiger partial charge in [-0.3, -0.25) is 4.79 Å². The van der Waals surface area contributed by atoms with Crippen LogP contribution in [-0.2, 0) is 0 Å². The summed E-state index contributed by atoms with van der Waals surface area (Å²) < 4.78 is 6.54. The molecule has 0 atom stereocenters. The lowest BCUT2D eigenvalue weighted by molar-refractivity contribution is 0.0955. The van der Waals surface area contributed by atoms with Gasteiger partial charge in [-0.05, 0) is 37.4 Å². The van der Waals surface area contributed by atoms with Crippen molar-refractivity contribution in [3.8, 4) is 5.75 Å². The average Bonchev–Trinajstić information content (AvgIpc) is 3.01.